The molecule has 4 heteroatoms. The molecule has 0 atom stereocenters. The maximum Gasteiger partial charge on any atom is 0.227 e. The van der Waals surface area contributed by atoms with Gasteiger partial charge in [-0.25, -0.2) is 0 Å². The summed E-state index contributed by atoms with van der Waals surface area (Å²) < 4.78 is 0. The molecule has 0 fully saturated rings. The first-order valence-corrected chi connectivity index (χ1v) is 6.30. The van der Waals surface area contributed by atoms with Crippen LogP contribution in [0.1, 0.15) is 25.8 Å². The number of hydrogen-bond acceptors (Lipinski definition) is 3. The highest BCUT2D eigenvalue weighted by Gasteiger charge is 2.29. The molecule has 1 aliphatic heterocycles. The Morgan fingerprint density at radius 1 is 1.39 bits per heavy atom. The summed E-state index contributed by atoms with van der Waals surface area (Å²) in [6.07, 6.45) is 1.35. The monoisotopic (exact) mass is 247 g/mol. The molecule has 3 N–H and O–H groups in total. The van der Waals surface area contributed by atoms with E-state index in [-0.39, 0.29) is 11.4 Å². The summed E-state index contributed by atoms with van der Waals surface area (Å²) in [6, 6.07) is 5.78. The molecule has 98 valence electrons. The molecule has 0 aromatic heterocycles. The van der Waals surface area contributed by atoms with Crippen molar-refractivity contribution >= 4 is 17.3 Å². The van der Waals surface area contributed by atoms with Gasteiger partial charge < -0.3 is 16.0 Å². The number of aryl methyl sites for hydroxylation is 1. The van der Waals surface area contributed by atoms with Crippen LogP contribution in [-0.2, 0) is 11.2 Å². The number of nitrogens with one attached hydrogen (secondary N) is 1. The predicted molar refractivity (Wildman–Crippen MR) is 74.7 cm³/mol. The van der Waals surface area contributed by atoms with E-state index in [1.165, 1.54) is 5.56 Å². The minimum absolute atomic E-state index is 0.105. The molecule has 4 nitrogen and oxygen atoms in total. The van der Waals surface area contributed by atoms with Crippen LogP contribution in [0.25, 0.3) is 0 Å². The molecule has 1 heterocycles. The quantitative estimate of drug-likeness (QED) is 0.797. The highest BCUT2D eigenvalue weighted by Crippen LogP contribution is 2.30. The van der Waals surface area contributed by atoms with Crippen LogP contribution in [0.4, 0.5) is 11.4 Å². The van der Waals surface area contributed by atoms with Gasteiger partial charge in [-0.3, -0.25) is 4.79 Å². The van der Waals surface area contributed by atoms with Gasteiger partial charge in [-0.2, -0.15) is 0 Å². The maximum atomic E-state index is 12.1. The Morgan fingerprint density at radius 3 is 2.78 bits per heavy atom. The van der Waals surface area contributed by atoms with Crippen LogP contribution >= 0.6 is 0 Å². The minimum atomic E-state index is -0.105. The molecule has 0 spiro atoms. The van der Waals surface area contributed by atoms with E-state index in [9.17, 15) is 4.79 Å². The number of carbonyl (C=O) groups is 1. The van der Waals surface area contributed by atoms with Crippen LogP contribution in [0.3, 0.4) is 0 Å². The van der Waals surface area contributed by atoms with Crippen LogP contribution in [0.2, 0.25) is 0 Å². The minimum Gasteiger partial charge on any atom is -0.399 e. The van der Waals surface area contributed by atoms with Crippen molar-refractivity contribution < 1.29 is 4.79 Å². The average Bonchev–Trinajstić information content (AvgIpc) is 2.33. The smallest absolute Gasteiger partial charge is 0.227 e. The van der Waals surface area contributed by atoms with Crippen molar-refractivity contribution in [2.24, 2.45) is 0 Å². The Labute approximate surface area is 108 Å². The number of fused-ring (bicyclic) bond motifs is 1. The molecule has 18 heavy (non-hydrogen) atoms. The zero-order valence-corrected chi connectivity index (χ0v) is 11.3. The molecule has 1 aromatic rings. The molecule has 2 rings (SSSR count). The van der Waals surface area contributed by atoms with E-state index in [4.69, 9.17) is 5.73 Å². The SMILES string of the molecule is CNC(C)(C)CN1C(=O)CCc2cc(N)ccc21. The van der Waals surface area contributed by atoms with E-state index in [2.05, 4.69) is 19.2 Å². The molecule has 0 radical (unpaired) electrons. The molecule has 0 saturated heterocycles. The van der Waals surface area contributed by atoms with Crippen LogP contribution in [0, 0.1) is 0 Å². The first kappa shape index (κ1) is 12.9. The van der Waals surface area contributed by atoms with Gasteiger partial charge in [0.1, 0.15) is 0 Å². The van der Waals surface area contributed by atoms with E-state index >= 15 is 0 Å². The Hall–Kier alpha value is -1.55. The topological polar surface area (TPSA) is 58.4 Å². The number of benzene rings is 1. The summed E-state index contributed by atoms with van der Waals surface area (Å²) in [7, 11) is 1.91. The van der Waals surface area contributed by atoms with E-state index in [1.54, 1.807) is 0 Å². The van der Waals surface area contributed by atoms with Crippen LogP contribution < -0.4 is 16.0 Å². The van der Waals surface area contributed by atoms with Gasteiger partial charge in [0.15, 0.2) is 0 Å². The van der Waals surface area contributed by atoms with Crippen molar-refractivity contribution in [3.8, 4) is 0 Å². The van der Waals surface area contributed by atoms with Gasteiger partial charge in [-0.05, 0) is 51.1 Å². The molecular weight excluding hydrogens is 226 g/mol. The molecule has 0 bridgehead atoms. The summed E-state index contributed by atoms with van der Waals surface area (Å²) >= 11 is 0. The van der Waals surface area contributed by atoms with E-state index in [0.29, 0.717) is 13.0 Å². The molecule has 0 saturated carbocycles. The predicted octanol–water partition coefficient (Wildman–Crippen LogP) is 1.55. The first-order chi connectivity index (χ1) is 8.43. The highest BCUT2D eigenvalue weighted by atomic mass is 16.2. The van der Waals surface area contributed by atoms with Crippen molar-refractivity contribution in [3.05, 3.63) is 23.8 Å². The van der Waals surface area contributed by atoms with E-state index in [1.807, 2.05) is 30.1 Å². The fourth-order valence-corrected chi connectivity index (χ4v) is 2.23. The van der Waals surface area contributed by atoms with Crippen LogP contribution in [0.5, 0.6) is 0 Å². The second-order valence-electron chi connectivity index (χ2n) is 5.50. The lowest BCUT2D eigenvalue weighted by atomic mass is 9.97. The van der Waals surface area contributed by atoms with Gasteiger partial charge >= 0.3 is 0 Å². The Bertz CT molecular complexity index is 468. The number of nitrogen functional groups attached to an aromatic ring is 1. The summed E-state index contributed by atoms with van der Waals surface area (Å²) in [6.45, 7) is 4.84. The van der Waals surface area contributed by atoms with E-state index < -0.39 is 0 Å². The number of carbonyl (C=O) groups excluding carboxylic acids is 1. The Balaban J connectivity index is 2.34. The van der Waals surface area contributed by atoms with Gasteiger partial charge in [0.2, 0.25) is 5.91 Å². The summed E-state index contributed by atoms with van der Waals surface area (Å²) in [5, 5.41) is 3.23. The highest BCUT2D eigenvalue weighted by molar-refractivity contribution is 5.96. The number of likely N-dealkylation sites (N-methyl/N-ethyl adjacent to an activating group) is 1. The fraction of sp³-hybridized carbons (Fsp3) is 0.500. The van der Waals surface area contributed by atoms with Crippen molar-refractivity contribution in [2.45, 2.75) is 32.2 Å². The lowest BCUT2D eigenvalue weighted by Crippen LogP contribution is -2.50. The third-order valence-electron chi connectivity index (χ3n) is 3.53. The fourth-order valence-electron chi connectivity index (χ4n) is 2.23. The third kappa shape index (κ3) is 2.48. The zero-order chi connectivity index (χ0) is 13.3. The number of anilines is 2. The summed E-state index contributed by atoms with van der Waals surface area (Å²) in [5.74, 6) is 0.190. The van der Waals surface area contributed by atoms with Gasteiger partial charge in [0.25, 0.3) is 0 Å². The van der Waals surface area contributed by atoms with Crippen molar-refractivity contribution in [3.63, 3.8) is 0 Å². The maximum absolute atomic E-state index is 12.1. The molecular formula is C14H21N3O. The summed E-state index contributed by atoms with van der Waals surface area (Å²) in [4.78, 5) is 14.0. The normalized spacial score (nSPS) is 15.7. The van der Waals surface area contributed by atoms with Crippen molar-refractivity contribution in [1.29, 1.82) is 0 Å². The van der Waals surface area contributed by atoms with Crippen LogP contribution in [0.15, 0.2) is 18.2 Å². The van der Waals surface area contributed by atoms with Crippen LogP contribution in [-0.4, -0.2) is 25.0 Å². The molecule has 0 unspecified atom stereocenters. The first-order valence-electron chi connectivity index (χ1n) is 6.30. The average molecular weight is 247 g/mol. The van der Waals surface area contributed by atoms with Crippen molar-refractivity contribution in [2.75, 3.05) is 24.2 Å². The molecule has 1 amide bonds. The molecule has 0 aliphatic carbocycles. The number of nitrogens with two attached hydrogens (primary N) is 1. The second-order valence-corrected chi connectivity index (χ2v) is 5.50. The number of rotatable bonds is 3. The number of nitrogens with zero attached hydrogens (tertiary/aromatic N) is 1. The largest absolute Gasteiger partial charge is 0.399 e. The standard InChI is InChI=1S/C14H21N3O/c1-14(2,16-3)9-17-12-6-5-11(15)8-10(12)4-7-13(17)18/h5-6,8,16H,4,7,9,15H2,1-3H3. The lowest BCUT2D eigenvalue weighted by molar-refractivity contribution is -0.119. The van der Waals surface area contributed by atoms with Crippen molar-refractivity contribution in [1.82, 2.24) is 5.32 Å². The third-order valence-corrected chi connectivity index (χ3v) is 3.53. The zero-order valence-electron chi connectivity index (χ0n) is 11.3. The summed E-state index contributed by atoms with van der Waals surface area (Å²) in [5.41, 5.74) is 8.63. The number of hydrogen-bond donors (Lipinski definition) is 2. The Morgan fingerprint density at radius 2 is 2.11 bits per heavy atom. The van der Waals surface area contributed by atoms with Gasteiger partial charge in [-0.1, -0.05) is 0 Å². The van der Waals surface area contributed by atoms with E-state index in [0.717, 1.165) is 17.8 Å². The second kappa shape index (κ2) is 4.61. The molecule has 1 aromatic carbocycles. The Kier molecular flexibility index (Phi) is 3.30. The number of amides is 1. The van der Waals surface area contributed by atoms with Gasteiger partial charge in [0.05, 0.1) is 0 Å². The van der Waals surface area contributed by atoms with Gasteiger partial charge in [0, 0.05) is 29.9 Å². The lowest BCUT2D eigenvalue weighted by Gasteiger charge is -2.36. The van der Waals surface area contributed by atoms with Gasteiger partial charge in [-0.15, -0.1) is 0 Å². The molecule has 1 aliphatic rings.